The highest BCUT2D eigenvalue weighted by molar-refractivity contribution is 6.04. The van der Waals surface area contributed by atoms with Crippen LogP contribution in [0, 0.1) is 18.6 Å². The second-order valence-electron chi connectivity index (χ2n) is 13.4. The van der Waals surface area contributed by atoms with Crippen LogP contribution in [0.3, 0.4) is 0 Å². The van der Waals surface area contributed by atoms with Gasteiger partial charge in [0.15, 0.2) is 5.82 Å². The van der Waals surface area contributed by atoms with Crippen molar-refractivity contribution >= 4 is 39.2 Å². The molecule has 5 heterocycles. The number of nitrogens with one attached hydrogen (secondary N) is 2. The van der Waals surface area contributed by atoms with E-state index in [1.54, 1.807) is 17.9 Å². The number of carbonyl (C=O) groups excluding carboxylic acids is 1. The lowest BCUT2D eigenvalue weighted by Crippen LogP contribution is -2.62. The van der Waals surface area contributed by atoms with Gasteiger partial charge in [0.25, 0.3) is 5.56 Å². The maximum Gasteiger partial charge on any atom is 0.281 e. The number of aryl methyl sites for hydroxylation is 1. The zero-order valence-corrected chi connectivity index (χ0v) is 27.9. The average Bonchev–Trinajstić information content (AvgIpc) is 3.54. The van der Waals surface area contributed by atoms with Crippen LogP contribution in [0.25, 0.3) is 38.8 Å². The van der Waals surface area contributed by atoms with E-state index in [-0.39, 0.29) is 52.0 Å². The number of halogens is 2. The number of carbonyl (C=O) groups is 1. The van der Waals surface area contributed by atoms with E-state index >= 15 is 8.78 Å². The molecule has 0 spiro atoms. The SMILES string of the molecule is C=CC(=O)N1CC2CNc3c(c4cc(F)c(-c5c(C)ccc6[nH]cnc56)c(F)c4n(-c4c(C(C)C)ncnc4C(C)C)c3=O)N2CC1C. The number of rotatable bonds is 5. The number of nitrogens with zero attached hydrogens (tertiary/aromatic N) is 6. The van der Waals surface area contributed by atoms with E-state index < -0.39 is 17.2 Å². The molecule has 2 aromatic carbocycles. The molecular weight excluding hydrogens is 614 g/mol. The van der Waals surface area contributed by atoms with Crippen molar-refractivity contribution in [1.82, 2.24) is 29.4 Å². The number of aromatic nitrogens is 5. The van der Waals surface area contributed by atoms with Crippen LogP contribution in [0.2, 0.25) is 0 Å². The lowest BCUT2D eigenvalue weighted by molar-refractivity contribution is -0.128. The van der Waals surface area contributed by atoms with E-state index in [0.29, 0.717) is 64.6 Å². The minimum absolute atomic E-state index is 0.0691. The van der Waals surface area contributed by atoms with Crippen molar-refractivity contribution in [3.8, 4) is 16.8 Å². The summed E-state index contributed by atoms with van der Waals surface area (Å²) in [4.78, 5) is 48.0. The number of anilines is 2. The Morgan fingerprint density at radius 1 is 1.04 bits per heavy atom. The number of piperazine rings is 1. The zero-order chi connectivity index (χ0) is 34.2. The van der Waals surface area contributed by atoms with E-state index in [4.69, 9.17) is 0 Å². The van der Waals surface area contributed by atoms with E-state index in [9.17, 15) is 9.59 Å². The highest BCUT2D eigenvalue weighted by Crippen LogP contribution is 2.45. The first kappa shape index (κ1) is 31.5. The lowest BCUT2D eigenvalue weighted by Gasteiger charge is -2.49. The predicted molar refractivity (Wildman–Crippen MR) is 184 cm³/mol. The first-order valence-corrected chi connectivity index (χ1v) is 16.3. The van der Waals surface area contributed by atoms with E-state index in [2.05, 4.69) is 31.8 Å². The second-order valence-corrected chi connectivity index (χ2v) is 13.4. The third-order valence-electron chi connectivity index (χ3n) is 9.67. The largest absolute Gasteiger partial charge is 0.377 e. The highest BCUT2D eigenvalue weighted by atomic mass is 19.1. The number of hydrogen-bond donors (Lipinski definition) is 2. The van der Waals surface area contributed by atoms with Crippen molar-refractivity contribution in [2.24, 2.45) is 0 Å². The Hall–Kier alpha value is -5.13. The first-order chi connectivity index (χ1) is 22.9. The summed E-state index contributed by atoms with van der Waals surface area (Å²) in [6, 6.07) is 4.44. The van der Waals surface area contributed by atoms with Crippen LogP contribution in [-0.2, 0) is 4.79 Å². The Kier molecular flexibility index (Phi) is 7.56. The average molecular weight is 653 g/mol. The fourth-order valence-electron chi connectivity index (χ4n) is 7.39. The smallest absolute Gasteiger partial charge is 0.281 e. The molecule has 2 atom stereocenters. The second kappa shape index (κ2) is 11.5. The first-order valence-electron chi connectivity index (χ1n) is 16.3. The summed E-state index contributed by atoms with van der Waals surface area (Å²) in [5, 5.41) is 3.53. The van der Waals surface area contributed by atoms with Gasteiger partial charge in [-0.1, -0.05) is 40.3 Å². The molecule has 12 heteroatoms. The highest BCUT2D eigenvalue weighted by Gasteiger charge is 2.40. The fraction of sp³-hybridized carbons (Fsp3) is 0.361. The van der Waals surface area contributed by atoms with Gasteiger partial charge in [-0.3, -0.25) is 14.2 Å². The molecule has 10 nitrogen and oxygen atoms in total. The number of H-pyrrole nitrogens is 1. The van der Waals surface area contributed by atoms with Crippen molar-refractivity contribution in [1.29, 1.82) is 0 Å². The van der Waals surface area contributed by atoms with E-state index in [1.807, 2.05) is 45.6 Å². The van der Waals surface area contributed by atoms with Gasteiger partial charge in [0.05, 0.1) is 57.2 Å². The quantitative estimate of drug-likeness (QED) is 0.218. The van der Waals surface area contributed by atoms with Crippen LogP contribution in [0.5, 0.6) is 0 Å². The molecule has 1 saturated heterocycles. The van der Waals surface area contributed by atoms with Gasteiger partial charge in [0.1, 0.15) is 17.8 Å². The maximum absolute atomic E-state index is 17.7. The number of pyridine rings is 1. The summed E-state index contributed by atoms with van der Waals surface area (Å²) < 4.78 is 35.8. The van der Waals surface area contributed by atoms with Crippen molar-refractivity contribution < 1.29 is 13.6 Å². The lowest BCUT2D eigenvalue weighted by atomic mass is 9.93. The molecule has 0 bridgehead atoms. The van der Waals surface area contributed by atoms with Crippen LogP contribution < -0.4 is 15.8 Å². The maximum atomic E-state index is 17.7. The molecule has 2 aliphatic rings. The molecule has 2 N–H and O–H groups in total. The molecule has 5 aromatic rings. The summed E-state index contributed by atoms with van der Waals surface area (Å²) in [7, 11) is 0. The van der Waals surface area contributed by atoms with Crippen molar-refractivity contribution in [2.75, 3.05) is 29.9 Å². The van der Waals surface area contributed by atoms with Crippen molar-refractivity contribution in [3.05, 3.63) is 82.4 Å². The summed E-state index contributed by atoms with van der Waals surface area (Å²) in [6.07, 6.45) is 4.25. The molecule has 248 valence electrons. The fourth-order valence-corrected chi connectivity index (χ4v) is 7.39. The zero-order valence-electron chi connectivity index (χ0n) is 27.9. The van der Waals surface area contributed by atoms with Gasteiger partial charge in [0, 0.05) is 36.6 Å². The number of benzene rings is 2. The Labute approximate surface area is 276 Å². The molecule has 2 aliphatic heterocycles. The van der Waals surface area contributed by atoms with Crippen molar-refractivity contribution in [3.63, 3.8) is 0 Å². The van der Waals surface area contributed by atoms with E-state index in [1.165, 1.54) is 29.4 Å². The molecule has 48 heavy (non-hydrogen) atoms. The molecule has 7 rings (SSSR count). The Morgan fingerprint density at radius 2 is 1.75 bits per heavy atom. The van der Waals surface area contributed by atoms with Crippen LogP contribution in [0.4, 0.5) is 20.2 Å². The minimum Gasteiger partial charge on any atom is -0.377 e. The van der Waals surface area contributed by atoms with Crippen LogP contribution in [0.1, 0.15) is 63.4 Å². The predicted octanol–water partition coefficient (Wildman–Crippen LogP) is 6.17. The van der Waals surface area contributed by atoms with Gasteiger partial charge in [0.2, 0.25) is 5.91 Å². The van der Waals surface area contributed by atoms with Crippen molar-refractivity contribution in [2.45, 2.75) is 65.5 Å². The molecule has 0 radical (unpaired) electrons. The van der Waals surface area contributed by atoms with Crippen LogP contribution >= 0.6 is 0 Å². The summed E-state index contributed by atoms with van der Waals surface area (Å²) >= 11 is 0. The number of imidazole rings is 1. The third kappa shape index (κ3) is 4.60. The number of aromatic amines is 1. The normalized spacial score (nSPS) is 17.6. The van der Waals surface area contributed by atoms with Gasteiger partial charge in [-0.05, 0) is 49.5 Å². The monoisotopic (exact) mass is 652 g/mol. The molecule has 0 saturated carbocycles. The summed E-state index contributed by atoms with van der Waals surface area (Å²) in [5.74, 6) is -2.14. The van der Waals surface area contributed by atoms with Gasteiger partial charge >= 0.3 is 0 Å². The molecule has 1 amide bonds. The Balaban J connectivity index is 1.63. The molecule has 2 unspecified atom stereocenters. The summed E-state index contributed by atoms with van der Waals surface area (Å²) in [6.45, 7) is 16.2. The van der Waals surface area contributed by atoms with Gasteiger partial charge in [-0.2, -0.15) is 0 Å². The molecular formula is C36H38F2N8O2. The molecule has 3 aromatic heterocycles. The standard InChI is InChI=1S/C36H38F2N8O2/c1-8-25(47)44-14-21-12-39-32-34(45(21)13-20(44)7)22-11-23(37)27(26-19(6)9-10-24-31(26)43-15-40-24)28(38)33(22)46(36(32)48)35-29(17(2)3)41-16-42-30(35)18(4)5/h8-11,15-18,20-21,39H,1,12-14H2,2-7H3,(H,40,43). The van der Waals surface area contributed by atoms with Crippen LogP contribution in [-0.4, -0.2) is 67.0 Å². The minimum atomic E-state index is -0.882. The molecule has 1 fully saturated rings. The summed E-state index contributed by atoms with van der Waals surface area (Å²) in [5.41, 5.74) is 3.36. The van der Waals surface area contributed by atoms with Gasteiger partial charge < -0.3 is 20.1 Å². The van der Waals surface area contributed by atoms with E-state index in [0.717, 1.165) is 0 Å². The number of amides is 1. The molecule has 0 aliphatic carbocycles. The Morgan fingerprint density at radius 3 is 2.42 bits per heavy atom. The topological polar surface area (TPSA) is 112 Å². The van der Waals surface area contributed by atoms with Gasteiger partial charge in [-0.25, -0.2) is 23.7 Å². The van der Waals surface area contributed by atoms with Gasteiger partial charge in [-0.15, -0.1) is 0 Å². The third-order valence-corrected chi connectivity index (χ3v) is 9.67. The Bertz CT molecular complexity index is 2180. The number of hydrogen-bond acceptors (Lipinski definition) is 7. The van der Waals surface area contributed by atoms with Crippen LogP contribution in [0.15, 0.2) is 48.3 Å². The number of fused-ring (bicyclic) bond motifs is 6.